The molecule has 0 unspecified atom stereocenters. The molecule has 30 heavy (non-hydrogen) atoms. The summed E-state index contributed by atoms with van der Waals surface area (Å²) < 4.78 is 8.36. The molecular weight excluding hydrogens is 446 g/mol. The summed E-state index contributed by atoms with van der Waals surface area (Å²) in [5.41, 5.74) is 2.89. The Kier molecular flexibility index (Phi) is 5.58. The average Bonchev–Trinajstić information content (AvgIpc) is 3.07. The number of hydrogen-bond acceptors (Lipinski definition) is 5. The first-order valence-electron chi connectivity index (χ1n) is 9.18. The van der Waals surface area contributed by atoms with Crippen LogP contribution in [0, 0.1) is 13.8 Å². The maximum atomic E-state index is 12.5. The first-order valence-corrected chi connectivity index (χ1v) is 9.98. The van der Waals surface area contributed by atoms with E-state index in [-0.39, 0.29) is 5.91 Å². The Balaban J connectivity index is 1.41. The number of carbonyl (C=O) groups excluding carboxylic acids is 1. The van der Waals surface area contributed by atoms with Gasteiger partial charge >= 0.3 is 0 Å². The second-order valence-electron chi connectivity index (χ2n) is 6.64. The molecule has 0 atom stereocenters. The normalized spacial score (nSPS) is 10.6. The maximum absolute atomic E-state index is 12.5. The van der Waals surface area contributed by atoms with Gasteiger partial charge in [-0.05, 0) is 56.3 Å². The number of carbonyl (C=O) groups is 1. The third kappa shape index (κ3) is 4.55. The Morgan fingerprint density at radius 1 is 1.03 bits per heavy atom. The molecule has 150 valence electrons. The number of aryl methyl sites for hydroxylation is 2. The molecule has 1 amide bonds. The van der Waals surface area contributed by atoms with Crippen molar-refractivity contribution >= 4 is 27.5 Å². The largest absolute Gasteiger partial charge is 0.439 e. The van der Waals surface area contributed by atoms with Gasteiger partial charge in [-0.2, -0.15) is 5.10 Å². The summed E-state index contributed by atoms with van der Waals surface area (Å²) in [5, 5.41) is 7.20. The van der Waals surface area contributed by atoms with Crippen molar-refractivity contribution in [2.24, 2.45) is 0 Å². The van der Waals surface area contributed by atoms with Gasteiger partial charge in [-0.15, -0.1) is 0 Å². The summed E-state index contributed by atoms with van der Waals surface area (Å²) in [6.45, 7) is 3.88. The topological polar surface area (TPSA) is 81.9 Å². The van der Waals surface area contributed by atoms with Crippen LogP contribution < -0.4 is 10.1 Å². The predicted molar refractivity (Wildman–Crippen MR) is 117 cm³/mol. The van der Waals surface area contributed by atoms with Crippen LogP contribution in [0.2, 0.25) is 0 Å². The number of anilines is 1. The number of amides is 1. The van der Waals surface area contributed by atoms with E-state index < -0.39 is 0 Å². The molecule has 1 N–H and O–H groups in total. The second kappa shape index (κ2) is 8.46. The van der Waals surface area contributed by atoms with Crippen LogP contribution in [-0.2, 0) is 0 Å². The van der Waals surface area contributed by atoms with Crippen molar-refractivity contribution in [1.82, 2.24) is 19.7 Å². The highest BCUT2D eigenvalue weighted by atomic mass is 79.9. The molecule has 0 saturated heterocycles. The summed E-state index contributed by atoms with van der Waals surface area (Å²) in [5.74, 6) is 1.49. The molecule has 0 aliphatic rings. The second-order valence-corrected chi connectivity index (χ2v) is 7.56. The zero-order valence-electron chi connectivity index (χ0n) is 16.3. The van der Waals surface area contributed by atoms with E-state index in [4.69, 9.17) is 4.74 Å². The van der Waals surface area contributed by atoms with Crippen molar-refractivity contribution in [3.8, 4) is 17.4 Å². The van der Waals surface area contributed by atoms with Crippen LogP contribution in [-0.4, -0.2) is 25.7 Å². The minimum absolute atomic E-state index is 0.273. The smallest absolute Gasteiger partial charge is 0.257 e. The highest BCUT2D eigenvalue weighted by molar-refractivity contribution is 9.10. The Hall–Kier alpha value is -3.52. The van der Waals surface area contributed by atoms with Gasteiger partial charge in [-0.1, -0.05) is 22.0 Å². The molecule has 1 aromatic carbocycles. The minimum Gasteiger partial charge on any atom is -0.439 e. The number of aromatic nitrogens is 4. The Morgan fingerprint density at radius 2 is 1.90 bits per heavy atom. The lowest BCUT2D eigenvalue weighted by atomic mass is 10.2. The highest BCUT2D eigenvalue weighted by Gasteiger charge is 2.10. The van der Waals surface area contributed by atoms with Gasteiger partial charge in [0, 0.05) is 22.4 Å². The van der Waals surface area contributed by atoms with Gasteiger partial charge in [0.1, 0.15) is 5.75 Å². The number of nitrogens with zero attached hydrogens (tertiary/aromatic N) is 4. The lowest BCUT2D eigenvalue weighted by molar-refractivity contribution is 0.102. The van der Waals surface area contributed by atoms with Crippen LogP contribution in [0.3, 0.4) is 0 Å². The monoisotopic (exact) mass is 463 g/mol. The average molecular weight is 464 g/mol. The van der Waals surface area contributed by atoms with E-state index in [2.05, 4.69) is 36.3 Å². The van der Waals surface area contributed by atoms with Gasteiger partial charge < -0.3 is 10.1 Å². The number of pyridine rings is 2. The number of nitrogens with one attached hydrogen (secondary N) is 1. The first-order chi connectivity index (χ1) is 14.5. The van der Waals surface area contributed by atoms with Crippen LogP contribution in [0.5, 0.6) is 11.6 Å². The van der Waals surface area contributed by atoms with Crippen LogP contribution in [0.15, 0.2) is 71.5 Å². The summed E-state index contributed by atoms with van der Waals surface area (Å²) in [6, 6.07) is 16.4. The number of halogens is 1. The molecule has 3 aromatic heterocycles. The van der Waals surface area contributed by atoms with Gasteiger partial charge in [0.15, 0.2) is 5.82 Å². The summed E-state index contributed by atoms with van der Waals surface area (Å²) >= 11 is 3.40. The molecule has 7 nitrogen and oxygen atoms in total. The highest BCUT2D eigenvalue weighted by Crippen LogP contribution is 2.23. The maximum Gasteiger partial charge on any atom is 0.257 e. The van der Waals surface area contributed by atoms with Crippen LogP contribution >= 0.6 is 15.9 Å². The molecule has 0 aliphatic carbocycles. The third-order valence-electron chi connectivity index (χ3n) is 4.25. The Bertz CT molecular complexity index is 1190. The molecule has 0 spiro atoms. The zero-order chi connectivity index (χ0) is 21.1. The summed E-state index contributed by atoms with van der Waals surface area (Å²) in [6.07, 6.45) is 3.07. The lowest BCUT2D eigenvalue weighted by Gasteiger charge is -2.08. The SMILES string of the molecule is Cc1cc(C)n(-c2ccc(C(=O)Nc3ccc(Oc4cccc(Br)c4)nc3)cn2)n1. The fourth-order valence-corrected chi connectivity index (χ4v) is 3.25. The molecule has 3 heterocycles. The molecule has 4 aromatic rings. The Labute approximate surface area is 181 Å². The first kappa shape index (κ1) is 19.8. The van der Waals surface area contributed by atoms with E-state index in [1.54, 1.807) is 35.1 Å². The van der Waals surface area contributed by atoms with Gasteiger partial charge in [-0.3, -0.25) is 4.79 Å². The molecule has 8 heteroatoms. The number of hydrogen-bond donors (Lipinski definition) is 1. The molecule has 0 radical (unpaired) electrons. The number of ether oxygens (including phenoxy) is 1. The molecule has 0 bridgehead atoms. The van der Waals surface area contributed by atoms with E-state index in [1.807, 2.05) is 44.2 Å². The lowest BCUT2D eigenvalue weighted by Crippen LogP contribution is -2.13. The van der Waals surface area contributed by atoms with E-state index >= 15 is 0 Å². The van der Waals surface area contributed by atoms with Crippen molar-refractivity contribution in [2.75, 3.05) is 5.32 Å². The van der Waals surface area contributed by atoms with E-state index in [1.165, 1.54) is 6.20 Å². The Morgan fingerprint density at radius 3 is 2.53 bits per heavy atom. The fraction of sp³-hybridized carbons (Fsp3) is 0.0909. The van der Waals surface area contributed by atoms with E-state index in [0.717, 1.165) is 15.9 Å². The number of rotatable bonds is 5. The van der Waals surface area contributed by atoms with E-state index in [0.29, 0.717) is 28.7 Å². The van der Waals surface area contributed by atoms with Crippen LogP contribution in [0.4, 0.5) is 5.69 Å². The molecular formula is C22H18BrN5O2. The fourth-order valence-electron chi connectivity index (χ4n) is 2.88. The summed E-state index contributed by atoms with van der Waals surface area (Å²) in [7, 11) is 0. The van der Waals surface area contributed by atoms with Crippen molar-refractivity contribution in [1.29, 1.82) is 0 Å². The van der Waals surface area contributed by atoms with Crippen molar-refractivity contribution in [3.63, 3.8) is 0 Å². The van der Waals surface area contributed by atoms with Gasteiger partial charge in [0.2, 0.25) is 5.88 Å². The van der Waals surface area contributed by atoms with E-state index in [9.17, 15) is 4.79 Å². The predicted octanol–water partition coefficient (Wildman–Crippen LogP) is 5.09. The molecule has 0 saturated carbocycles. The summed E-state index contributed by atoms with van der Waals surface area (Å²) in [4.78, 5) is 21.1. The van der Waals surface area contributed by atoms with Crippen molar-refractivity contribution in [2.45, 2.75) is 13.8 Å². The van der Waals surface area contributed by atoms with Gasteiger partial charge in [0.05, 0.1) is 23.1 Å². The van der Waals surface area contributed by atoms with Gasteiger partial charge in [0.25, 0.3) is 5.91 Å². The molecule has 0 fully saturated rings. The zero-order valence-corrected chi connectivity index (χ0v) is 17.9. The van der Waals surface area contributed by atoms with Crippen molar-refractivity contribution < 1.29 is 9.53 Å². The number of benzene rings is 1. The van der Waals surface area contributed by atoms with Crippen LogP contribution in [0.25, 0.3) is 5.82 Å². The van der Waals surface area contributed by atoms with Crippen molar-refractivity contribution in [3.05, 3.63) is 88.4 Å². The van der Waals surface area contributed by atoms with Crippen LogP contribution in [0.1, 0.15) is 21.7 Å². The molecule has 4 rings (SSSR count). The molecule has 0 aliphatic heterocycles. The third-order valence-corrected chi connectivity index (χ3v) is 4.74. The minimum atomic E-state index is -0.273. The standard InChI is InChI=1S/C22H18BrN5O2/c1-14-10-15(2)28(27-14)20-8-6-16(12-24-20)22(29)26-18-7-9-21(25-13-18)30-19-5-3-4-17(23)11-19/h3-13H,1-2H3,(H,26,29). The quantitative estimate of drug-likeness (QED) is 0.445. The van der Waals surface area contributed by atoms with Gasteiger partial charge in [-0.25, -0.2) is 14.6 Å².